The van der Waals surface area contributed by atoms with Gasteiger partial charge in [-0.05, 0) is 12.8 Å². The van der Waals surface area contributed by atoms with Crippen LogP contribution in [0.5, 0.6) is 0 Å². The van der Waals surface area contributed by atoms with Gasteiger partial charge >= 0.3 is 17.1 Å². The minimum atomic E-state index is -0.811. The molecule has 25 heavy (non-hydrogen) atoms. The Bertz CT molecular complexity index is 776. The highest BCUT2D eigenvalue weighted by atomic mass is 16.2. The van der Waals surface area contributed by atoms with Crippen LogP contribution >= 0.6 is 0 Å². The first-order valence-corrected chi connectivity index (χ1v) is 8.45. The van der Waals surface area contributed by atoms with Crippen LogP contribution in [0.1, 0.15) is 32.1 Å². The van der Waals surface area contributed by atoms with Crippen molar-refractivity contribution in [1.29, 1.82) is 0 Å². The zero-order valence-corrected chi connectivity index (χ0v) is 14.3. The molecular formula is C17H24N4O4. The average Bonchev–Trinajstić information content (AvgIpc) is 2.60. The first kappa shape index (κ1) is 18.7. The number of nitrogens with zero attached hydrogens (tertiary/aromatic N) is 3. The van der Waals surface area contributed by atoms with E-state index in [2.05, 4.69) is 18.5 Å². The van der Waals surface area contributed by atoms with Gasteiger partial charge in [-0.15, -0.1) is 13.2 Å². The van der Waals surface area contributed by atoms with E-state index >= 15 is 0 Å². The summed E-state index contributed by atoms with van der Waals surface area (Å²) in [6.07, 6.45) is 7.84. The highest BCUT2D eigenvalue weighted by Gasteiger charge is 2.19. The van der Waals surface area contributed by atoms with E-state index in [-0.39, 0.29) is 19.1 Å². The van der Waals surface area contributed by atoms with E-state index in [1.165, 1.54) is 12.2 Å². The molecule has 0 aliphatic heterocycles. The van der Waals surface area contributed by atoms with Crippen molar-refractivity contribution < 1.29 is 4.79 Å². The number of amides is 1. The molecule has 1 aromatic heterocycles. The second-order valence-corrected chi connectivity index (χ2v) is 6.13. The second kappa shape index (κ2) is 8.46. The van der Waals surface area contributed by atoms with E-state index < -0.39 is 29.5 Å². The van der Waals surface area contributed by atoms with E-state index in [1.807, 2.05) is 0 Å². The van der Waals surface area contributed by atoms with Crippen LogP contribution in [0.15, 0.2) is 39.7 Å². The summed E-state index contributed by atoms with van der Waals surface area (Å²) in [4.78, 5) is 49.4. The summed E-state index contributed by atoms with van der Waals surface area (Å²) in [5.74, 6) is -0.403. The lowest BCUT2D eigenvalue weighted by molar-refractivity contribution is -0.122. The minimum Gasteiger partial charge on any atom is -0.352 e. The lowest BCUT2D eigenvalue weighted by Gasteiger charge is -2.23. The fourth-order valence-corrected chi connectivity index (χ4v) is 3.05. The third-order valence-corrected chi connectivity index (χ3v) is 4.28. The van der Waals surface area contributed by atoms with Gasteiger partial charge in [0.05, 0.1) is 13.1 Å². The third-order valence-electron chi connectivity index (χ3n) is 4.28. The fourth-order valence-electron chi connectivity index (χ4n) is 3.05. The quantitative estimate of drug-likeness (QED) is 0.701. The lowest BCUT2D eigenvalue weighted by Crippen LogP contribution is -2.56. The van der Waals surface area contributed by atoms with Crippen LogP contribution < -0.4 is 22.4 Å². The summed E-state index contributed by atoms with van der Waals surface area (Å²) in [5, 5.41) is 2.86. The number of hydrogen-bond donors (Lipinski definition) is 1. The van der Waals surface area contributed by atoms with E-state index in [4.69, 9.17) is 0 Å². The Morgan fingerprint density at radius 2 is 1.40 bits per heavy atom. The smallest absolute Gasteiger partial charge is 0.337 e. The molecule has 1 aromatic rings. The molecular weight excluding hydrogens is 324 g/mol. The Morgan fingerprint density at radius 1 is 0.920 bits per heavy atom. The second-order valence-electron chi connectivity index (χ2n) is 6.13. The molecule has 2 rings (SSSR count). The highest BCUT2D eigenvalue weighted by Crippen LogP contribution is 2.17. The van der Waals surface area contributed by atoms with E-state index in [9.17, 15) is 19.2 Å². The molecule has 0 saturated heterocycles. The first-order chi connectivity index (χ1) is 12.0. The highest BCUT2D eigenvalue weighted by molar-refractivity contribution is 5.76. The Hall–Kier alpha value is -2.64. The normalized spacial score (nSPS) is 14.9. The van der Waals surface area contributed by atoms with Crippen molar-refractivity contribution in [3.05, 3.63) is 56.8 Å². The molecule has 1 fully saturated rings. The SMILES string of the molecule is C=CCn1c(=O)n(CC=C)c(=O)n(CC(=O)NC2CCCCC2)c1=O. The average molecular weight is 348 g/mol. The molecule has 1 aliphatic carbocycles. The van der Waals surface area contributed by atoms with Crippen LogP contribution in [0, 0.1) is 0 Å². The van der Waals surface area contributed by atoms with Crippen LogP contribution in [0.25, 0.3) is 0 Å². The molecule has 0 bridgehead atoms. The van der Waals surface area contributed by atoms with Gasteiger partial charge in [0.25, 0.3) is 0 Å². The Labute approximate surface area is 145 Å². The number of hydrogen-bond acceptors (Lipinski definition) is 4. The summed E-state index contributed by atoms with van der Waals surface area (Å²) in [6.45, 7) is 6.52. The molecule has 1 saturated carbocycles. The largest absolute Gasteiger partial charge is 0.352 e. The van der Waals surface area contributed by atoms with Gasteiger partial charge in [0.1, 0.15) is 6.54 Å². The van der Waals surface area contributed by atoms with Gasteiger partial charge in [-0.25, -0.2) is 28.1 Å². The summed E-state index contributed by atoms with van der Waals surface area (Å²) < 4.78 is 2.55. The maximum atomic E-state index is 12.4. The standard InChI is InChI=1S/C17H24N4O4/c1-3-10-19-15(23)20(11-4-2)17(25)21(16(19)24)12-14(22)18-13-8-6-5-7-9-13/h3-4,13H,1-2,5-12H2,(H,18,22). The number of allylic oxidation sites excluding steroid dienone is 2. The van der Waals surface area contributed by atoms with Crippen LogP contribution in [0.4, 0.5) is 0 Å². The van der Waals surface area contributed by atoms with E-state index in [1.54, 1.807) is 0 Å². The van der Waals surface area contributed by atoms with Gasteiger partial charge < -0.3 is 5.32 Å². The summed E-state index contributed by atoms with van der Waals surface area (Å²) >= 11 is 0. The fraction of sp³-hybridized carbons (Fsp3) is 0.529. The monoisotopic (exact) mass is 348 g/mol. The molecule has 0 atom stereocenters. The predicted octanol–water partition coefficient (Wildman–Crippen LogP) is -0.00740. The molecule has 1 aliphatic rings. The minimum absolute atomic E-state index is 0.0423. The zero-order chi connectivity index (χ0) is 18.4. The van der Waals surface area contributed by atoms with Crippen molar-refractivity contribution in [2.75, 3.05) is 0 Å². The third kappa shape index (κ3) is 4.26. The summed E-state index contributed by atoms with van der Waals surface area (Å²) in [7, 11) is 0. The number of rotatable bonds is 7. The molecule has 136 valence electrons. The summed E-state index contributed by atoms with van der Waals surface area (Å²) in [5.41, 5.74) is -2.36. The number of nitrogens with one attached hydrogen (secondary N) is 1. The molecule has 8 heteroatoms. The molecule has 1 heterocycles. The van der Waals surface area contributed by atoms with Gasteiger partial charge in [0.15, 0.2) is 0 Å². The van der Waals surface area contributed by atoms with Crippen LogP contribution in [0.2, 0.25) is 0 Å². The van der Waals surface area contributed by atoms with Crippen LogP contribution in [0.3, 0.4) is 0 Å². The number of carbonyl (C=O) groups excluding carboxylic acids is 1. The van der Waals surface area contributed by atoms with Crippen molar-refractivity contribution in [3.8, 4) is 0 Å². The maximum absolute atomic E-state index is 12.4. The molecule has 0 radical (unpaired) electrons. The lowest BCUT2D eigenvalue weighted by atomic mass is 9.95. The number of carbonyl (C=O) groups is 1. The van der Waals surface area contributed by atoms with Crippen molar-refractivity contribution in [3.63, 3.8) is 0 Å². The van der Waals surface area contributed by atoms with Crippen LogP contribution in [-0.2, 0) is 24.4 Å². The van der Waals surface area contributed by atoms with Crippen molar-refractivity contribution in [2.24, 2.45) is 0 Å². The maximum Gasteiger partial charge on any atom is 0.337 e. The predicted molar refractivity (Wildman–Crippen MR) is 94.6 cm³/mol. The van der Waals surface area contributed by atoms with Gasteiger partial charge in [0, 0.05) is 6.04 Å². The Balaban J connectivity index is 2.35. The molecule has 1 N–H and O–H groups in total. The summed E-state index contributed by atoms with van der Waals surface area (Å²) in [6, 6.07) is 0.0754. The van der Waals surface area contributed by atoms with Gasteiger partial charge in [-0.2, -0.15) is 0 Å². The van der Waals surface area contributed by atoms with Crippen molar-refractivity contribution >= 4 is 5.91 Å². The molecule has 0 aromatic carbocycles. The van der Waals surface area contributed by atoms with Gasteiger partial charge in [-0.3, -0.25) is 4.79 Å². The topological polar surface area (TPSA) is 95.1 Å². The molecule has 0 unspecified atom stereocenters. The van der Waals surface area contributed by atoms with Crippen molar-refractivity contribution in [2.45, 2.75) is 57.8 Å². The molecule has 8 nitrogen and oxygen atoms in total. The first-order valence-electron chi connectivity index (χ1n) is 8.45. The molecule has 0 spiro atoms. The van der Waals surface area contributed by atoms with E-state index in [0.717, 1.165) is 45.8 Å². The van der Waals surface area contributed by atoms with Crippen LogP contribution in [-0.4, -0.2) is 25.7 Å². The van der Waals surface area contributed by atoms with E-state index in [0.29, 0.717) is 0 Å². The number of aromatic nitrogens is 3. The van der Waals surface area contributed by atoms with Gasteiger partial charge in [0.2, 0.25) is 5.91 Å². The van der Waals surface area contributed by atoms with Crippen molar-refractivity contribution in [1.82, 2.24) is 19.0 Å². The Morgan fingerprint density at radius 3 is 1.88 bits per heavy atom. The zero-order valence-electron chi connectivity index (χ0n) is 14.3. The Kier molecular flexibility index (Phi) is 6.32. The molecule has 1 amide bonds. The van der Waals surface area contributed by atoms with Gasteiger partial charge in [-0.1, -0.05) is 31.4 Å².